The normalized spacial score (nSPS) is 11.2. The van der Waals surface area contributed by atoms with Gasteiger partial charge in [0.2, 0.25) is 0 Å². The summed E-state index contributed by atoms with van der Waals surface area (Å²) in [7, 11) is 0.413. The van der Waals surface area contributed by atoms with Crippen LogP contribution in [0.4, 0.5) is 0 Å². The minimum Gasteiger partial charge on any atom is -0.536 e. The van der Waals surface area contributed by atoms with E-state index in [2.05, 4.69) is 0 Å². The Hall–Kier alpha value is 0.886. The van der Waals surface area contributed by atoms with E-state index in [1.807, 2.05) is 0 Å². The summed E-state index contributed by atoms with van der Waals surface area (Å²) < 4.78 is 9.56. The SMILES string of the molecule is [AlH2][O][SiH2]O[SiH3]. The average Bonchev–Trinajstić information content (AvgIpc) is 1.41. The van der Waals surface area contributed by atoms with Crippen LogP contribution in [0, 0.1) is 0 Å². The number of hydrogen-bond acceptors (Lipinski definition) is 2. The first kappa shape index (κ1) is 5.89. The van der Waals surface area contributed by atoms with Gasteiger partial charge in [0, 0.05) is 0 Å². The first-order chi connectivity index (χ1) is 2.41. The van der Waals surface area contributed by atoms with E-state index < -0.39 is 10.0 Å². The molecule has 0 unspecified atom stereocenters. The molecule has 0 saturated heterocycles. The Morgan fingerprint density at radius 2 is 2.40 bits per heavy atom. The number of hydrogen-bond donors (Lipinski definition) is 0. The third kappa shape index (κ3) is 4.89. The van der Waals surface area contributed by atoms with Crippen LogP contribution in [0.2, 0.25) is 0 Å². The fourth-order valence-electron chi connectivity index (χ4n) is 0.118. The quantitative estimate of drug-likeness (QED) is 0.360. The van der Waals surface area contributed by atoms with Crippen molar-refractivity contribution >= 4 is 37.1 Å². The highest BCUT2D eigenvalue weighted by atomic mass is 28.3. The Morgan fingerprint density at radius 1 is 1.80 bits per heavy atom. The lowest BCUT2D eigenvalue weighted by atomic mass is 15.8. The zero-order valence-corrected chi connectivity index (χ0v) is 8.94. The van der Waals surface area contributed by atoms with Gasteiger partial charge in [0.25, 0.3) is 10.0 Å². The first-order valence-corrected chi connectivity index (χ1v) is 4.18. The largest absolute Gasteiger partial charge is 0.536 e. The molecule has 0 aliphatic carbocycles. The average molecular weight is 122 g/mol. The molecule has 0 heterocycles. The number of rotatable bonds is 2. The van der Waals surface area contributed by atoms with E-state index in [9.17, 15) is 0 Å². The molecule has 0 atom stereocenters. The van der Waals surface area contributed by atoms with Crippen molar-refractivity contribution in [1.29, 1.82) is 0 Å². The second kappa shape index (κ2) is 4.89. The predicted octanol–water partition coefficient (Wildman–Crippen LogP) is -3.15. The van der Waals surface area contributed by atoms with Crippen molar-refractivity contribution in [3.05, 3.63) is 0 Å². The van der Waals surface area contributed by atoms with Gasteiger partial charge < -0.3 is 7.59 Å². The van der Waals surface area contributed by atoms with Crippen LogP contribution in [-0.4, -0.2) is 37.1 Å². The summed E-state index contributed by atoms with van der Waals surface area (Å²) in [6.07, 6.45) is 0. The van der Waals surface area contributed by atoms with Crippen LogP contribution in [0.25, 0.3) is 0 Å². The summed E-state index contributed by atoms with van der Waals surface area (Å²) in [6, 6.07) is 0. The Bertz CT molecular complexity index is 15.1. The van der Waals surface area contributed by atoms with Crippen LogP contribution in [0.15, 0.2) is 0 Å². The van der Waals surface area contributed by atoms with Gasteiger partial charge >= 0.3 is 16.6 Å². The van der Waals surface area contributed by atoms with E-state index in [4.69, 9.17) is 7.59 Å². The van der Waals surface area contributed by atoms with Crippen LogP contribution in [-0.2, 0) is 7.59 Å². The van der Waals surface area contributed by atoms with Gasteiger partial charge in [0.05, 0.1) is 0 Å². The highest BCUT2D eigenvalue weighted by molar-refractivity contribution is 6.33. The van der Waals surface area contributed by atoms with E-state index in [1.54, 1.807) is 0 Å². The maximum absolute atomic E-state index is 4.78. The Kier molecular flexibility index (Phi) is 5.75. The van der Waals surface area contributed by atoms with E-state index in [0.717, 1.165) is 27.1 Å². The molecule has 0 aromatic heterocycles. The lowest BCUT2D eigenvalue weighted by Crippen LogP contribution is -1.96. The van der Waals surface area contributed by atoms with Crippen molar-refractivity contribution < 1.29 is 7.59 Å². The van der Waals surface area contributed by atoms with E-state index in [0.29, 0.717) is 0 Å². The maximum Gasteiger partial charge on any atom is 0.400 e. The monoisotopic (exact) mass is 122 g/mol. The highest BCUT2D eigenvalue weighted by Crippen LogP contribution is 1.52. The van der Waals surface area contributed by atoms with Gasteiger partial charge in [-0.1, -0.05) is 0 Å². The van der Waals surface area contributed by atoms with Crippen molar-refractivity contribution in [2.24, 2.45) is 0 Å². The summed E-state index contributed by atoms with van der Waals surface area (Å²) in [5.74, 6) is 0. The van der Waals surface area contributed by atoms with Gasteiger partial charge in [0.15, 0.2) is 0 Å². The summed E-state index contributed by atoms with van der Waals surface area (Å²) in [5, 5.41) is 0. The molecule has 0 saturated carbocycles. The van der Waals surface area contributed by atoms with Gasteiger partial charge in [-0.2, -0.15) is 0 Å². The van der Waals surface area contributed by atoms with Crippen LogP contribution in [0.5, 0.6) is 0 Å². The van der Waals surface area contributed by atoms with Crippen molar-refractivity contribution in [3.8, 4) is 0 Å². The van der Waals surface area contributed by atoms with Gasteiger partial charge in [-0.15, -0.1) is 0 Å². The fraction of sp³-hybridized carbons (Fsp3) is 0. The summed E-state index contributed by atoms with van der Waals surface area (Å²) in [5.41, 5.74) is 0. The molecule has 0 aromatic rings. The maximum atomic E-state index is 4.78. The van der Waals surface area contributed by atoms with Crippen molar-refractivity contribution in [3.63, 3.8) is 0 Å². The Labute approximate surface area is 45.2 Å². The minimum atomic E-state index is -0.444. The molecule has 0 rings (SSSR count). The van der Waals surface area contributed by atoms with Crippen LogP contribution < -0.4 is 0 Å². The lowest BCUT2D eigenvalue weighted by Gasteiger charge is -1.89. The molecule has 0 aromatic carbocycles. The minimum absolute atomic E-state index is 0.444. The van der Waals surface area contributed by atoms with Crippen molar-refractivity contribution in [2.45, 2.75) is 0 Å². The smallest absolute Gasteiger partial charge is 0.400 e. The van der Waals surface area contributed by atoms with Crippen LogP contribution in [0.3, 0.4) is 0 Å². The van der Waals surface area contributed by atoms with E-state index in [-0.39, 0.29) is 0 Å². The molecule has 0 spiro atoms. The molecule has 5 heteroatoms. The van der Waals surface area contributed by atoms with E-state index in [1.165, 1.54) is 0 Å². The topological polar surface area (TPSA) is 18.5 Å². The molecule has 30 valence electrons. The van der Waals surface area contributed by atoms with Gasteiger partial charge in [0.1, 0.15) is 10.5 Å². The fourth-order valence-corrected chi connectivity index (χ4v) is 3.18. The van der Waals surface area contributed by atoms with Crippen LogP contribution >= 0.6 is 0 Å². The molecule has 5 heavy (non-hydrogen) atoms. The van der Waals surface area contributed by atoms with Crippen LogP contribution in [0.1, 0.15) is 0 Å². The van der Waals surface area contributed by atoms with Gasteiger partial charge in [-0.3, -0.25) is 0 Å². The molecule has 0 radical (unpaired) electrons. The predicted molar refractivity (Wildman–Crippen MR) is 29.2 cm³/mol. The molecule has 2 nitrogen and oxygen atoms in total. The van der Waals surface area contributed by atoms with Crippen molar-refractivity contribution in [2.75, 3.05) is 0 Å². The second-order valence-corrected chi connectivity index (χ2v) is 5.55. The summed E-state index contributed by atoms with van der Waals surface area (Å²) >= 11 is 0.858. The molecule has 0 aliphatic rings. The van der Waals surface area contributed by atoms with E-state index >= 15 is 0 Å². The first-order valence-electron chi connectivity index (χ1n) is 1.39. The molecular formula is H7AlO2Si2. The Morgan fingerprint density at radius 3 is 2.40 bits per heavy atom. The molecule has 0 bridgehead atoms. The molecule has 0 fully saturated rings. The van der Waals surface area contributed by atoms with Gasteiger partial charge in [-0.25, -0.2) is 0 Å². The standard InChI is InChI=1S/Al.H5O2Si2.2H/c;1-4-2-3;;/h;4H2,3H3;;/q+1;-1;;. The zero-order valence-electron chi connectivity index (χ0n) is 3.52. The summed E-state index contributed by atoms with van der Waals surface area (Å²) in [6.45, 7) is 0. The zero-order chi connectivity index (χ0) is 4.12. The summed E-state index contributed by atoms with van der Waals surface area (Å²) in [4.78, 5) is 0. The highest BCUT2D eigenvalue weighted by Gasteiger charge is 1.66. The Balaban J connectivity index is 2.19. The molecule has 0 amide bonds. The molecule has 0 N–H and O–H groups in total. The lowest BCUT2D eigenvalue weighted by molar-refractivity contribution is 0.513. The second-order valence-electron chi connectivity index (χ2n) is 0.695. The third-order valence-electron chi connectivity index (χ3n) is 0.236. The third-order valence-corrected chi connectivity index (χ3v) is 2.12. The van der Waals surface area contributed by atoms with Gasteiger partial charge in [-0.05, 0) is 0 Å². The molecule has 0 aliphatic heterocycles. The molecular weight excluding hydrogens is 115 g/mol. The van der Waals surface area contributed by atoms with Crippen molar-refractivity contribution in [1.82, 2.24) is 0 Å².